The molecule has 9 nitrogen and oxygen atoms in total. The number of carbonyl (C=O) groups excluding carboxylic acids is 2. The molecule has 0 saturated carbocycles. The number of nitrogens with zero attached hydrogens (tertiary/aromatic N) is 7. The van der Waals surface area contributed by atoms with Gasteiger partial charge in [-0.25, -0.2) is 9.67 Å². The Morgan fingerprint density at radius 3 is 2.76 bits per heavy atom. The highest BCUT2D eigenvalue weighted by Gasteiger charge is 2.45. The molecule has 132 valence electrons. The van der Waals surface area contributed by atoms with Gasteiger partial charge in [-0.2, -0.15) is 10.2 Å². The fourth-order valence-electron chi connectivity index (χ4n) is 3.81. The summed E-state index contributed by atoms with van der Waals surface area (Å²) in [6.07, 6.45) is 3.51. The average Bonchev–Trinajstić information content (AvgIpc) is 3.27. The molecule has 0 N–H and O–H groups in total. The van der Waals surface area contributed by atoms with Gasteiger partial charge < -0.3 is 9.80 Å². The van der Waals surface area contributed by atoms with Crippen LogP contribution >= 0.6 is 0 Å². The Kier molecular flexibility index (Phi) is 3.59. The van der Waals surface area contributed by atoms with E-state index < -0.39 is 5.92 Å². The van der Waals surface area contributed by atoms with Crippen molar-refractivity contribution < 1.29 is 9.59 Å². The van der Waals surface area contributed by atoms with E-state index in [0.717, 1.165) is 17.1 Å². The molecule has 2 aromatic rings. The van der Waals surface area contributed by atoms with E-state index in [2.05, 4.69) is 15.2 Å². The third-order valence-corrected chi connectivity index (χ3v) is 5.42. The van der Waals surface area contributed by atoms with E-state index in [-0.39, 0.29) is 24.3 Å². The maximum atomic E-state index is 13.2. The Labute approximate surface area is 145 Å². The van der Waals surface area contributed by atoms with Crippen molar-refractivity contribution in [1.82, 2.24) is 34.3 Å². The van der Waals surface area contributed by atoms with Gasteiger partial charge in [-0.15, -0.1) is 0 Å². The molecule has 0 spiro atoms. The lowest BCUT2D eigenvalue weighted by molar-refractivity contribution is -0.138. The first-order valence-electron chi connectivity index (χ1n) is 8.37. The van der Waals surface area contributed by atoms with E-state index in [4.69, 9.17) is 0 Å². The number of rotatable bonds is 2. The minimum Gasteiger partial charge on any atom is -0.338 e. The summed E-state index contributed by atoms with van der Waals surface area (Å²) < 4.78 is 3.59. The molecule has 1 saturated heterocycles. The van der Waals surface area contributed by atoms with Crippen LogP contribution in [0.25, 0.3) is 0 Å². The van der Waals surface area contributed by atoms with Crippen LogP contribution in [0, 0.1) is 12.8 Å². The van der Waals surface area contributed by atoms with Crippen LogP contribution < -0.4 is 0 Å². The molecule has 0 aromatic carbocycles. The molecule has 0 aliphatic carbocycles. The third-order valence-electron chi connectivity index (χ3n) is 5.42. The van der Waals surface area contributed by atoms with Gasteiger partial charge in [0, 0.05) is 38.3 Å². The van der Waals surface area contributed by atoms with Crippen molar-refractivity contribution in [3.8, 4) is 0 Å². The van der Waals surface area contributed by atoms with E-state index in [1.54, 1.807) is 27.7 Å². The summed E-state index contributed by atoms with van der Waals surface area (Å²) in [7, 11) is 3.63. The van der Waals surface area contributed by atoms with E-state index in [1.807, 2.05) is 18.7 Å². The Hall–Kier alpha value is -2.71. The zero-order valence-corrected chi connectivity index (χ0v) is 14.6. The van der Waals surface area contributed by atoms with Gasteiger partial charge >= 0.3 is 0 Å². The maximum absolute atomic E-state index is 13.2. The summed E-state index contributed by atoms with van der Waals surface area (Å²) in [4.78, 5) is 33.2. The lowest BCUT2D eigenvalue weighted by atomic mass is 9.92. The molecule has 2 aliphatic rings. The van der Waals surface area contributed by atoms with Crippen LogP contribution in [-0.2, 0) is 29.7 Å². The first-order chi connectivity index (χ1) is 12.0. The second-order valence-corrected chi connectivity index (χ2v) is 6.73. The molecule has 4 rings (SSSR count). The molecule has 2 amide bonds. The van der Waals surface area contributed by atoms with Crippen molar-refractivity contribution in [3.05, 3.63) is 29.6 Å². The number of hydrogen-bond donors (Lipinski definition) is 0. The SMILES string of the molecule is Cc1c([C@@H]2[C@@H](C(=O)N3CCn4ncnc4C3)CC(=O)N2C)cnn1C. The van der Waals surface area contributed by atoms with Crippen molar-refractivity contribution in [3.63, 3.8) is 0 Å². The van der Waals surface area contributed by atoms with Gasteiger partial charge in [0.1, 0.15) is 12.2 Å². The third kappa shape index (κ3) is 2.41. The molecule has 1 fully saturated rings. The zero-order valence-electron chi connectivity index (χ0n) is 14.6. The molecule has 2 aliphatic heterocycles. The van der Waals surface area contributed by atoms with E-state index in [1.165, 1.54) is 6.33 Å². The van der Waals surface area contributed by atoms with Crippen molar-refractivity contribution in [2.75, 3.05) is 13.6 Å². The lowest BCUT2D eigenvalue weighted by Crippen LogP contribution is -2.43. The van der Waals surface area contributed by atoms with Crippen LogP contribution in [0.3, 0.4) is 0 Å². The number of fused-ring (bicyclic) bond motifs is 1. The highest BCUT2D eigenvalue weighted by Crippen LogP contribution is 2.39. The van der Waals surface area contributed by atoms with Crippen LogP contribution in [0.4, 0.5) is 0 Å². The predicted molar refractivity (Wildman–Crippen MR) is 87.0 cm³/mol. The molecule has 4 heterocycles. The highest BCUT2D eigenvalue weighted by molar-refractivity contribution is 5.90. The smallest absolute Gasteiger partial charge is 0.229 e. The van der Waals surface area contributed by atoms with E-state index >= 15 is 0 Å². The minimum absolute atomic E-state index is 0.000188. The summed E-state index contributed by atoms with van der Waals surface area (Å²) in [5.74, 6) is 0.383. The molecule has 2 aromatic heterocycles. The van der Waals surface area contributed by atoms with Crippen LogP contribution in [0.1, 0.15) is 29.5 Å². The topological polar surface area (TPSA) is 89.2 Å². The normalized spacial score (nSPS) is 23.2. The molecular formula is C16H21N7O2. The summed E-state index contributed by atoms with van der Waals surface area (Å²) in [6, 6.07) is -0.270. The van der Waals surface area contributed by atoms with Crippen molar-refractivity contribution >= 4 is 11.8 Å². The first kappa shape index (κ1) is 15.8. The Bertz CT molecular complexity index is 839. The summed E-state index contributed by atoms with van der Waals surface area (Å²) in [5, 5.41) is 8.42. The first-order valence-corrected chi connectivity index (χ1v) is 8.37. The maximum Gasteiger partial charge on any atom is 0.229 e. The molecular weight excluding hydrogens is 322 g/mol. The van der Waals surface area contributed by atoms with Gasteiger partial charge in [-0.05, 0) is 6.92 Å². The molecule has 0 bridgehead atoms. The van der Waals surface area contributed by atoms with Crippen LogP contribution in [-0.4, -0.2) is 59.8 Å². The predicted octanol–water partition coefficient (Wildman–Crippen LogP) is -0.118. The second-order valence-electron chi connectivity index (χ2n) is 6.73. The Morgan fingerprint density at radius 1 is 1.24 bits per heavy atom. The highest BCUT2D eigenvalue weighted by atomic mass is 16.2. The largest absolute Gasteiger partial charge is 0.338 e. The monoisotopic (exact) mass is 343 g/mol. The number of amides is 2. The van der Waals surface area contributed by atoms with Crippen molar-refractivity contribution in [2.24, 2.45) is 13.0 Å². The average molecular weight is 343 g/mol. The second kappa shape index (κ2) is 5.68. The molecule has 0 radical (unpaired) electrons. The fraction of sp³-hybridized carbons (Fsp3) is 0.562. The minimum atomic E-state index is -0.394. The lowest BCUT2D eigenvalue weighted by Gasteiger charge is -2.31. The van der Waals surface area contributed by atoms with Gasteiger partial charge in [-0.3, -0.25) is 14.3 Å². The van der Waals surface area contributed by atoms with Gasteiger partial charge in [0.2, 0.25) is 11.8 Å². The number of likely N-dealkylation sites (tertiary alicyclic amines) is 1. The number of carbonyl (C=O) groups is 2. The van der Waals surface area contributed by atoms with Crippen LogP contribution in [0.5, 0.6) is 0 Å². The molecule has 25 heavy (non-hydrogen) atoms. The van der Waals surface area contributed by atoms with Crippen LogP contribution in [0.2, 0.25) is 0 Å². The molecule has 2 atom stereocenters. The Balaban J connectivity index is 1.62. The van der Waals surface area contributed by atoms with Gasteiger partial charge in [-0.1, -0.05) is 0 Å². The van der Waals surface area contributed by atoms with Gasteiger partial charge in [0.15, 0.2) is 0 Å². The standard InChI is InChI=1S/C16H21N7O2/c1-10-12(7-18-21(10)3)15-11(6-14(24)20(15)2)16(25)22-4-5-23-13(8-22)17-9-19-23/h7,9,11,15H,4-6,8H2,1-3H3/t11-,15-/m0/s1. The van der Waals surface area contributed by atoms with Crippen molar-refractivity contribution in [1.29, 1.82) is 0 Å². The summed E-state index contributed by atoms with van der Waals surface area (Å²) in [5.41, 5.74) is 1.91. The van der Waals surface area contributed by atoms with Gasteiger partial charge in [0.05, 0.1) is 31.2 Å². The Morgan fingerprint density at radius 2 is 2.04 bits per heavy atom. The number of aromatic nitrogens is 5. The van der Waals surface area contributed by atoms with E-state index in [9.17, 15) is 9.59 Å². The number of aryl methyl sites for hydroxylation is 1. The summed E-state index contributed by atoms with van der Waals surface area (Å²) in [6.45, 7) is 3.62. The summed E-state index contributed by atoms with van der Waals surface area (Å²) >= 11 is 0. The molecule has 0 unspecified atom stereocenters. The van der Waals surface area contributed by atoms with Crippen molar-refractivity contribution in [2.45, 2.75) is 32.5 Å². The van der Waals surface area contributed by atoms with Crippen LogP contribution in [0.15, 0.2) is 12.5 Å². The number of hydrogen-bond acceptors (Lipinski definition) is 5. The molecule has 9 heteroatoms. The quantitative estimate of drug-likeness (QED) is 0.758. The van der Waals surface area contributed by atoms with Gasteiger partial charge in [0.25, 0.3) is 0 Å². The fourth-order valence-corrected chi connectivity index (χ4v) is 3.81. The van der Waals surface area contributed by atoms with E-state index in [0.29, 0.717) is 19.6 Å². The zero-order chi connectivity index (χ0) is 17.7.